The monoisotopic (exact) mass is 192 g/mol. The van der Waals surface area contributed by atoms with Crippen molar-refractivity contribution in [3.05, 3.63) is 35.4 Å². The Morgan fingerprint density at radius 3 is 2.00 bits per heavy atom. The zero-order valence-corrected chi connectivity index (χ0v) is 9.54. The highest BCUT2D eigenvalue weighted by Crippen LogP contribution is 2.34. The summed E-state index contributed by atoms with van der Waals surface area (Å²) in [5.74, 6) is 0.225. The first-order chi connectivity index (χ1) is 6.45. The number of aliphatic hydroxyl groups is 1. The second kappa shape index (κ2) is 4.14. The molecule has 0 fully saturated rings. The van der Waals surface area contributed by atoms with Gasteiger partial charge in [0.05, 0.1) is 6.61 Å². The van der Waals surface area contributed by atoms with Gasteiger partial charge >= 0.3 is 0 Å². The molecule has 1 N–H and O–H groups in total. The van der Waals surface area contributed by atoms with Gasteiger partial charge in [-0.05, 0) is 17.9 Å². The summed E-state index contributed by atoms with van der Waals surface area (Å²) in [4.78, 5) is 0. The van der Waals surface area contributed by atoms with E-state index in [4.69, 9.17) is 0 Å². The molecule has 1 unspecified atom stereocenters. The molecule has 0 spiro atoms. The summed E-state index contributed by atoms with van der Waals surface area (Å²) < 4.78 is 0. The van der Waals surface area contributed by atoms with Gasteiger partial charge in [0.1, 0.15) is 0 Å². The zero-order chi connectivity index (χ0) is 10.8. The molecule has 1 aromatic rings. The van der Waals surface area contributed by atoms with Gasteiger partial charge < -0.3 is 5.11 Å². The summed E-state index contributed by atoms with van der Waals surface area (Å²) in [6.07, 6.45) is 0. The van der Waals surface area contributed by atoms with Crippen molar-refractivity contribution in [1.82, 2.24) is 0 Å². The van der Waals surface area contributed by atoms with Gasteiger partial charge in [0.25, 0.3) is 0 Å². The van der Waals surface area contributed by atoms with Crippen LogP contribution in [0.4, 0.5) is 0 Å². The van der Waals surface area contributed by atoms with E-state index < -0.39 is 0 Å². The Bertz CT molecular complexity index is 279. The summed E-state index contributed by atoms with van der Waals surface area (Å²) in [7, 11) is 0. The van der Waals surface area contributed by atoms with Crippen LogP contribution in [-0.2, 0) is 0 Å². The minimum atomic E-state index is 0.115. The maximum absolute atomic E-state index is 9.38. The maximum Gasteiger partial charge on any atom is 0.0504 e. The standard InChI is InChI=1S/C13H20O/c1-10-5-7-11(8-6-10)12(9-14)13(2,3)4/h5-8,12,14H,9H2,1-4H3. The van der Waals surface area contributed by atoms with Crippen molar-refractivity contribution in [3.8, 4) is 0 Å². The van der Waals surface area contributed by atoms with Crippen LogP contribution in [0.15, 0.2) is 24.3 Å². The van der Waals surface area contributed by atoms with Crippen molar-refractivity contribution in [2.75, 3.05) is 6.61 Å². The third kappa shape index (κ3) is 2.58. The Morgan fingerprint density at radius 1 is 1.14 bits per heavy atom. The summed E-state index contributed by atoms with van der Waals surface area (Å²) in [6.45, 7) is 8.77. The molecule has 0 aliphatic heterocycles. The average molecular weight is 192 g/mol. The van der Waals surface area contributed by atoms with Gasteiger partial charge in [0.15, 0.2) is 0 Å². The van der Waals surface area contributed by atoms with E-state index in [1.807, 2.05) is 0 Å². The number of benzene rings is 1. The lowest BCUT2D eigenvalue weighted by molar-refractivity contribution is 0.187. The van der Waals surface area contributed by atoms with Gasteiger partial charge in [-0.15, -0.1) is 0 Å². The summed E-state index contributed by atoms with van der Waals surface area (Å²) in [5, 5.41) is 9.38. The molecule has 1 heteroatoms. The van der Waals surface area contributed by atoms with Crippen LogP contribution in [0.1, 0.15) is 37.8 Å². The van der Waals surface area contributed by atoms with Crippen LogP contribution in [0.5, 0.6) is 0 Å². The lowest BCUT2D eigenvalue weighted by Crippen LogP contribution is -2.21. The summed E-state index contributed by atoms with van der Waals surface area (Å²) in [5.41, 5.74) is 2.61. The topological polar surface area (TPSA) is 20.2 Å². The van der Waals surface area contributed by atoms with E-state index in [0.29, 0.717) is 0 Å². The Morgan fingerprint density at radius 2 is 1.64 bits per heavy atom. The third-order valence-corrected chi connectivity index (χ3v) is 2.71. The second-order valence-corrected chi connectivity index (χ2v) is 5.01. The Kier molecular flexibility index (Phi) is 3.33. The van der Waals surface area contributed by atoms with Crippen LogP contribution in [0.2, 0.25) is 0 Å². The maximum atomic E-state index is 9.38. The van der Waals surface area contributed by atoms with E-state index in [2.05, 4.69) is 52.0 Å². The van der Waals surface area contributed by atoms with Gasteiger partial charge in [-0.3, -0.25) is 0 Å². The molecule has 0 amide bonds. The molecular weight excluding hydrogens is 172 g/mol. The predicted octanol–water partition coefficient (Wildman–Crippen LogP) is 3.12. The second-order valence-electron chi connectivity index (χ2n) is 5.01. The first-order valence-electron chi connectivity index (χ1n) is 5.12. The van der Waals surface area contributed by atoms with E-state index in [9.17, 15) is 5.11 Å². The fourth-order valence-corrected chi connectivity index (χ4v) is 1.68. The van der Waals surface area contributed by atoms with Gasteiger partial charge in [0.2, 0.25) is 0 Å². The van der Waals surface area contributed by atoms with Crippen LogP contribution in [0.3, 0.4) is 0 Å². The van der Waals surface area contributed by atoms with Crippen LogP contribution >= 0.6 is 0 Å². The van der Waals surface area contributed by atoms with Crippen LogP contribution in [-0.4, -0.2) is 11.7 Å². The van der Waals surface area contributed by atoms with E-state index >= 15 is 0 Å². The minimum Gasteiger partial charge on any atom is -0.396 e. The molecule has 0 heterocycles. The fourth-order valence-electron chi connectivity index (χ4n) is 1.68. The summed E-state index contributed by atoms with van der Waals surface area (Å²) in [6, 6.07) is 8.43. The van der Waals surface area contributed by atoms with Gasteiger partial charge in [-0.25, -0.2) is 0 Å². The van der Waals surface area contributed by atoms with Crippen LogP contribution in [0.25, 0.3) is 0 Å². The molecule has 0 saturated carbocycles. The highest BCUT2D eigenvalue weighted by molar-refractivity contribution is 5.25. The average Bonchev–Trinajstić information content (AvgIpc) is 2.07. The molecule has 1 rings (SSSR count). The smallest absolute Gasteiger partial charge is 0.0504 e. The Hall–Kier alpha value is -0.820. The van der Waals surface area contributed by atoms with E-state index in [-0.39, 0.29) is 17.9 Å². The lowest BCUT2D eigenvalue weighted by Gasteiger charge is -2.29. The molecule has 78 valence electrons. The van der Waals surface area contributed by atoms with Crippen molar-refractivity contribution in [2.45, 2.75) is 33.6 Å². The van der Waals surface area contributed by atoms with Crippen molar-refractivity contribution in [3.63, 3.8) is 0 Å². The molecule has 0 bridgehead atoms. The fraction of sp³-hybridized carbons (Fsp3) is 0.538. The molecule has 1 aromatic carbocycles. The SMILES string of the molecule is Cc1ccc(C(CO)C(C)(C)C)cc1. The molecule has 1 atom stereocenters. The Labute approximate surface area is 86.8 Å². The third-order valence-electron chi connectivity index (χ3n) is 2.71. The number of aliphatic hydroxyl groups excluding tert-OH is 1. The number of hydrogen-bond donors (Lipinski definition) is 1. The Balaban J connectivity index is 2.96. The van der Waals surface area contributed by atoms with Crippen molar-refractivity contribution in [2.24, 2.45) is 5.41 Å². The first-order valence-corrected chi connectivity index (χ1v) is 5.12. The van der Waals surface area contributed by atoms with E-state index in [1.165, 1.54) is 11.1 Å². The molecule has 14 heavy (non-hydrogen) atoms. The highest BCUT2D eigenvalue weighted by atomic mass is 16.3. The lowest BCUT2D eigenvalue weighted by atomic mass is 9.77. The zero-order valence-electron chi connectivity index (χ0n) is 9.54. The number of hydrogen-bond acceptors (Lipinski definition) is 1. The molecule has 1 nitrogen and oxygen atoms in total. The van der Waals surface area contributed by atoms with Crippen molar-refractivity contribution in [1.29, 1.82) is 0 Å². The predicted molar refractivity (Wildman–Crippen MR) is 60.5 cm³/mol. The van der Waals surface area contributed by atoms with Gasteiger partial charge in [-0.2, -0.15) is 0 Å². The molecule has 0 aliphatic carbocycles. The summed E-state index contributed by atoms with van der Waals surface area (Å²) >= 11 is 0. The minimum absolute atomic E-state index is 0.115. The molecule has 0 radical (unpaired) electrons. The molecule has 0 aliphatic rings. The van der Waals surface area contributed by atoms with Gasteiger partial charge in [-0.1, -0.05) is 50.6 Å². The molecule has 0 aromatic heterocycles. The van der Waals surface area contributed by atoms with Crippen LogP contribution < -0.4 is 0 Å². The van der Waals surface area contributed by atoms with Gasteiger partial charge in [0, 0.05) is 5.92 Å². The number of rotatable bonds is 2. The van der Waals surface area contributed by atoms with Crippen molar-refractivity contribution >= 4 is 0 Å². The number of aryl methyl sites for hydroxylation is 1. The highest BCUT2D eigenvalue weighted by Gasteiger charge is 2.25. The van der Waals surface area contributed by atoms with E-state index in [0.717, 1.165) is 0 Å². The largest absolute Gasteiger partial charge is 0.396 e. The quantitative estimate of drug-likeness (QED) is 0.763. The normalized spacial score (nSPS) is 14.1. The molecular formula is C13H20O. The van der Waals surface area contributed by atoms with E-state index in [1.54, 1.807) is 0 Å². The molecule has 0 saturated heterocycles. The van der Waals surface area contributed by atoms with Crippen molar-refractivity contribution < 1.29 is 5.11 Å². The first kappa shape index (κ1) is 11.3. The van der Waals surface area contributed by atoms with Crippen LogP contribution in [0, 0.1) is 12.3 Å².